The molecule has 0 bridgehead atoms. The SMILES string of the molecule is COCCC(N)C(=O)Nc1cc(Cl)ccc1C(=O)N(C)C. The van der Waals surface area contributed by atoms with Crippen molar-refractivity contribution in [1.82, 2.24) is 4.90 Å². The number of nitrogens with one attached hydrogen (secondary N) is 1. The number of methoxy groups -OCH3 is 1. The van der Waals surface area contributed by atoms with E-state index in [1.807, 2.05) is 0 Å². The van der Waals surface area contributed by atoms with Crippen LogP contribution in [0.1, 0.15) is 16.8 Å². The zero-order valence-electron chi connectivity index (χ0n) is 12.4. The number of carbonyl (C=O) groups excluding carboxylic acids is 2. The second kappa shape index (κ2) is 7.97. The van der Waals surface area contributed by atoms with Gasteiger partial charge in [-0.2, -0.15) is 0 Å². The lowest BCUT2D eigenvalue weighted by atomic mass is 10.1. The number of amides is 2. The van der Waals surface area contributed by atoms with Gasteiger partial charge in [-0.1, -0.05) is 11.6 Å². The number of benzene rings is 1. The number of nitrogens with zero attached hydrogens (tertiary/aromatic N) is 1. The van der Waals surface area contributed by atoms with Crippen LogP contribution in [0.2, 0.25) is 5.02 Å². The molecule has 1 aromatic carbocycles. The van der Waals surface area contributed by atoms with Crippen molar-refractivity contribution in [2.75, 3.05) is 33.1 Å². The first-order valence-corrected chi connectivity index (χ1v) is 6.81. The molecule has 1 atom stereocenters. The number of halogens is 1. The number of ether oxygens (including phenoxy) is 1. The third kappa shape index (κ3) is 5.00. The Morgan fingerprint density at radius 3 is 2.67 bits per heavy atom. The van der Waals surface area contributed by atoms with Crippen LogP contribution in [0.3, 0.4) is 0 Å². The van der Waals surface area contributed by atoms with Crippen LogP contribution in [0, 0.1) is 0 Å². The topological polar surface area (TPSA) is 84.7 Å². The van der Waals surface area contributed by atoms with Crippen LogP contribution in [0.25, 0.3) is 0 Å². The Morgan fingerprint density at radius 2 is 2.10 bits per heavy atom. The minimum absolute atomic E-state index is 0.229. The van der Waals surface area contributed by atoms with Gasteiger partial charge in [0.25, 0.3) is 5.91 Å². The Kier molecular flexibility index (Phi) is 6.61. The molecule has 1 unspecified atom stereocenters. The maximum atomic E-state index is 12.1. The molecule has 2 amide bonds. The Balaban J connectivity index is 2.93. The first-order chi connectivity index (χ1) is 9.86. The quantitative estimate of drug-likeness (QED) is 0.830. The van der Waals surface area contributed by atoms with Crippen molar-refractivity contribution in [2.24, 2.45) is 5.73 Å². The van der Waals surface area contributed by atoms with Crippen molar-refractivity contribution in [2.45, 2.75) is 12.5 Å². The van der Waals surface area contributed by atoms with Crippen LogP contribution in [-0.4, -0.2) is 50.6 Å². The summed E-state index contributed by atoms with van der Waals surface area (Å²) >= 11 is 5.92. The highest BCUT2D eigenvalue weighted by molar-refractivity contribution is 6.31. The fourth-order valence-electron chi connectivity index (χ4n) is 1.65. The summed E-state index contributed by atoms with van der Waals surface area (Å²) in [5.74, 6) is -0.616. The molecule has 21 heavy (non-hydrogen) atoms. The average molecular weight is 314 g/mol. The van der Waals surface area contributed by atoms with Gasteiger partial charge in [-0.3, -0.25) is 9.59 Å². The third-order valence-corrected chi connectivity index (χ3v) is 3.08. The highest BCUT2D eigenvalue weighted by atomic mass is 35.5. The largest absolute Gasteiger partial charge is 0.385 e. The number of hydrogen-bond donors (Lipinski definition) is 2. The number of anilines is 1. The van der Waals surface area contributed by atoms with E-state index >= 15 is 0 Å². The van der Waals surface area contributed by atoms with Gasteiger partial charge in [0.05, 0.1) is 17.3 Å². The molecule has 7 heteroatoms. The van der Waals surface area contributed by atoms with Gasteiger partial charge < -0.3 is 20.7 Å². The fourth-order valence-corrected chi connectivity index (χ4v) is 1.82. The molecule has 1 aromatic rings. The summed E-state index contributed by atoms with van der Waals surface area (Å²) in [6, 6.07) is 3.98. The summed E-state index contributed by atoms with van der Waals surface area (Å²) in [6.45, 7) is 0.383. The van der Waals surface area contributed by atoms with Crippen LogP contribution in [0.15, 0.2) is 18.2 Å². The Labute approximate surface area is 129 Å². The van der Waals surface area contributed by atoms with E-state index in [1.54, 1.807) is 26.2 Å². The predicted molar refractivity (Wildman–Crippen MR) is 82.6 cm³/mol. The van der Waals surface area contributed by atoms with Crippen molar-refractivity contribution in [3.63, 3.8) is 0 Å². The van der Waals surface area contributed by atoms with Gasteiger partial charge in [0, 0.05) is 32.8 Å². The highest BCUT2D eigenvalue weighted by Gasteiger charge is 2.18. The number of rotatable bonds is 6. The van der Waals surface area contributed by atoms with Gasteiger partial charge in [-0.25, -0.2) is 0 Å². The molecule has 0 saturated heterocycles. The normalized spacial score (nSPS) is 11.9. The van der Waals surface area contributed by atoms with E-state index in [2.05, 4.69) is 5.32 Å². The minimum atomic E-state index is -0.716. The van der Waals surface area contributed by atoms with Crippen molar-refractivity contribution in [1.29, 1.82) is 0 Å². The molecule has 0 aliphatic rings. The molecule has 3 N–H and O–H groups in total. The zero-order valence-corrected chi connectivity index (χ0v) is 13.1. The van der Waals surface area contributed by atoms with Crippen LogP contribution in [0.5, 0.6) is 0 Å². The first kappa shape index (κ1) is 17.4. The molecule has 0 saturated carbocycles. The monoisotopic (exact) mass is 313 g/mol. The predicted octanol–water partition coefficient (Wildman–Crippen LogP) is 1.34. The molecule has 116 valence electrons. The lowest BCUT2D eigenvalue weighted by molar-refractivity contribution is -0.117. The summed E-state index contributed by atoms with van der Waals surface area (Å²) < 4.78 is 4.88. The summed E-state index contributed by atoms with van der Waals surface area (Å²) in [7, 11) is 4.80. The summed E-state index contributed by atoms with van der Waals surface area (Å²) in [4.78, 5) is 25.5. The molecular formula is C14H20ClN3O3. The van der Waals surface area contributed by atoms with Crippen molar-refractivity contribution in [3.05, 3.63) is 28.8 Å². The molecule has 6 nitrogen and oxygen atoms in total. The molecule has 0 spiro atoms. The zero-order chi connectivity index (χ0) is 16.0. The lowest BCUT2D eigenvalue weighted by Gasteiger charge is -2.17. The second-order valence-corrected chi connectivity index (χ2v) is 5.20. The molecule has 0 fully saturated rings. The third-order valence-electron chi connectivity index (χ3n) is 2.85. The smallest absolute Gasteiger partial charge is 0.255 e. The molecule has 0 aliphatic carbocycles. The summed E-state index contributed by atoms with van der Waals surface area (Å²) in [5, 5.41) is 3.07. The van der Waals surface area contributed by atoms with Gasteiger partial charge in [0.1, 0.15) is 0 Å². The van der Waals surface area contributed by atoms with Crippen molar-refractivity contribution >= 4 is 29.1 Å². The summed E-state index contributed by atoms with van der Waals surface area (Å²) in [6.07, 6.45) is 0.389. The van der Waals surface area contributed by atoms with E-state index in [1.165, 1.54) is 18.1 Å². The fraction of sp³-hybridized carbons (Fsp3) is 0.429. The lowest BCUT2D eigenvalue weighted by Crippen LogP contribution is -2.37. The second-order valence-electron chi connectivity index (χ2n) is 4.77. The van der Waals surface area contributed by atoms with Gasteiger partial charge >= 0.3 is 0 Å². The van der Waals surface area contributed by atoms with Gasteiger partial charge in [0.15, 0.2) is 0 Å². The molecule has 0 aliphatic heterocycles. The van der Waals surface area contributed by atoms with E-state index in [0.717, 1.165) is 0 Å². The molecule has 0 heterocycles. The van der Waals surface area contributed by atoms with E-state index in [4.69, 9.17) is 22.1 Å². The molecular weight excluding hydrogens is 294 g/mol. The Bertz CT molecular complexity index is 520. The first-order valence-electron chi connectivity index (χ1n) is 6.43. The average Bonchev–Trinajstić information content (AvgIpc) is 2.44. The van der Waals surface area contributed by atoms with E-state index < -0.39 is 6.04 Å². The highest BCUT2D eigenvalue weighted by Crippen LogP contribution is 2.22. The van der Waals surface area contributed by atoms with Crippen LogP contribution in [-0.2, 0) is 9.53 Å². The minimum Gasteiger partial charge on any atom is -0.385 e. The van der Waals surface area contributed by atoms with E-state index in [0.29, 0.717) is 29.3 Å². The van der Waals surface area contributed by atoms with E-state index in [9.17, 15) is 9.59 Å². The number of hydrogen-bond acceptors (Lipinski definition) is 4. The van der Waals surface area contributed by atoms with Gasteiger partial charge in [0.2, 0.25) is 5.91 Å². The van der Waals surface area contributed by atoms with Crippen molar-refractivity contribution in [3.8, 4) is 0 Å². The maximum absolute atomic E-state index is 12.1. The van der Waals surface area contributed by atoms with Gasteiger partial charge in [-0.05, 0) is 24.6 Å². The molecule has 0 radical (unpaired) electrons. The van der Waals surface area contributed by atoms with Crippen molar-refractivity contribution < 1.29 is 14.3 Å². The van der Waals surface area contributed by atoms with Crippen LogP contribution < -0.4 is 11.1 Å². The summed E-state index contributed by atoms with van der Waals surface area (Å²) in [5.41, 5.74) is 6.46. The van der Waals surface area contributed by atoms with Crippen LogP contribution >= 0.6 is 11.6 Å². The maximum Gasteiger partial charge on any atom is 0.255 e. The molecule has 0 aromatic heterocycles. The van der Waals surface area contributed by atoms with Gasteiger partial charge in [-0.15, -0.1) is 0 Å². The standard InChI is InChI=1S/C14H20ClN3O3/c1-18(2)14(20)10-5-4-9(15)8-12(10)17-13(19)11(16)6-7-21-3/h4-5,8,11H,6-7,16H2,1-3H3,(H,17,19). The number of carbonyl (C=O) groups is 2. The number of nitrogens with two attached hydrogens (primary N) is 1. The van der Waals surface area contributed by atoms with E-state index in [-0.39, 0.29) is 11.8 Å². The Morgan fingerprint density at radius 1 is 1.43 bits per heavy atom. The molecule has 1 rings (SSSR count). The Hall–Kier alpha value is -1.63. The van der Waals surface area contributed by atoms with Crippen LogP contribution in [0.4, 0.5) is 5.69 Å².